The maximum Gasteiger partial charge on any atom is 0.413 e. The van der Waals surface area contributed by atoms with Crippen LogP contribution in [0.25, 0.3) is 0 Å². The average molecular weight is 357 g/mol. The summed E-state index contributed by atoms with van der Waals surface area (Å²) in [5.41, 5.74) is 4.18. The summed E-state index contributed by atoms with van der Waals surface area (Å²) in [7, 11) is 0. The van der Waals surface area contributed by atoms with Crippen molar-refractivity contribution in [3.63, 3.8) is 0 Å². The second-order valence-electron chi connectivity index (χ2n) is 5.83. The van der Waals surface area contributed by atoms with Gasteiger partial charge in [0.1, 0.15) is 0 Å². The van der Waals surface area contributed by atoms with Gasteiger partial charge in [0.15, 0.2) is 0 Å². The van der Waals surface area contributed by atoms with E-state index in [2.05, 4.69) is 17.4 Å². The first-order valence-electron chi connectivity index (χ1n) is 8.40. The van der Waals surface area contributed by atoms with Gasteiger partial charge in [-0.25, -0.2) is 4.79 Å². The zero-order chi connectivity index (χ0) is 18.6. The zero-order valence-corrected chi connectivity index (χ0v) is 14.1. The lowest BCUT2D eigenvalue weighted by molar-refractivity contribution is -0.224. The summed E-state index contributed by atoms with van der Waals surface area (Å²) in [6.07, 6.45) is 9.93. The molecule has 0 saturated carbocycles. The van der Waals surface area contributed by atoms with Gasteiger partial charge in [0, 0.05) is 0 Å². The Morgan fingerprint density at radius 3 is 1.62 bits per heavy atom. The highest BCUT2D eigenvalue weighted by molar-refractivity contribution is 5.91. The number of primary amides is 1. The number of rotatable bonds is 14. The van der Waals surface area contributed by atoms with E-state index in [1.807, 2.05) is 0 Å². The van der Waals surface area contributed by atoms with Crippen LogP contribution in [0.15, 0.2) is 0 Å². The number of halogens is 4. The Hall–Kier alpha value is -1.34. The number of alkyl halides is 4. The lowest BCUT2D eigenvalue weighted by Gasteiger charge is -2.21. The van der Waals surface area contributed by atoms with Gasteiger partial charge < -0.3 is 10.5 Å². The molecule has 0 aromatic rings. The second kappa shape index (κ2) is 11.3. The van der Waals surface area contributed by atoms with Crippen LogP contribution in [0.4, 0.5) is 17.6 Å². The third-order valence-corrected chi connectivity index (χ3v) is 3.69. The van der Waals surface area contributed by atoms with Gasteiger partial charge in [-0.2, -0.15) is 17.6 Å². The first-order chi connectivity index (χ1) is 11.2. The maximum atomic E-state index is 13.1. The van der Waals surface area contributed by atoms with Gasteiger partial charge in [-0.1, -0.05) is 64.7 Å². The van der Waals surface area contributed by atoms with E-state index >= 15 is 0 Å². The Kier molecular flexibility index (Phi) is 10.6. The molecule has 0 rings (SSSR count). The van der Waals surface area contributed by atoms with E-state index in [9.17, 15) is 27.2 Å². The lowest BCUT2D eigenvalue weighted by Crippen LogP contribution is -2.55. The number of carbonyl (C=O) groups is 2. The summed E-state index contributed by atoms with van der Waals surface area (Å²) in [5.74, 6) is -15.5. The summed E-state index contributed by atoms with van der Waals surface area (Å²) in [6, 6.07) is 0. The molecule has 1 amide bonds. The molecule has 0 atom stereocenters. The Morgan fingerprint density at radius 2 is 1.21 bits per heavy atom. The minimum atomic E-state index is -5.26. The molecule has 0 aromatic carbocycles. The van der Waals surface area contributed by atoms with Crippen molar-refractivity contribution in [2.75, 3.05) is 6.61 Å². The Morgan fingerprint density at radius 1 is 0.792 bits per heavy atom. The van der Waals surface area contributed by atoms with Gasteiger partial charge in [-0.15, -0.1) is 0 Å². The molecule has 0 aliphatic rings. The van der Waals surface area contributed by atoms with Crippen LogP contribution in [-0.4, -0.2) is 30.3 Å². The smallest absolute Gasteiger partial charge is 0.413 e. The quantitative estimate of drug-likeness (QED) is 0.288. The summed E-state index contributed by atoms with van der Waals surface area (Å²) in [4.78, 5) is 21.3. The number of esters is 1. The number of carbonyl (C=O) groups excluding carboxylic acids is 2. The van der Waals surface area contributed by atoms with Crippen molar-refractivity contribution >= 4 is 11.9 Å². The highest BCUT2D eigenvalue weighted by Crippen LogP contribution is 2.35. The topological polar surface area (TPSA) is 69.4 Å². The molecular formula is C16H27F4NO3. The van der Waals surface area contributed by atoms with Crippen molar-refractivity contribution in [3.8, 4) is 0 Å². The third-order valence-electron chi connectivity index (χ3n) is 3.69. The summed E-state index contributed by atoms with van der Waals surface area (Å²) >= 11 is 0. The van der Waals surface area contributed by atoms with Crippen LogP contribution in [0.2, 0.25) is 0 Å². The molecule has 142 valence electrons. The van der Waals surface area contributed by atoms with Crippen molar-refractivity contribution in [2.24, 2.45) is 5.73 Å². The van der Waals surface area contributed by atoms with E-state index in [0.29, 0.717) is 12.8 Å². The molecule has 0 bridgehead atoms. The van der Waals surface area contributed by atoms with Crippen LogP contribution in [0.5, 0.6) is 0 Å². The third kappa shape index (κ3) is 7.49. The molecule has 0 fully saturated rings. The number of nitrogens with two attached hydrogens (primary N) is 1. The lowest BCUT2D eigenvalue weighted by atomic mass is 10.1. The first-order valence-corrected chi connectivity index (χ1v) is 8.40. The van der Waals surface area contributed by atoms with E-state index < -0.39 is 23.7 Å². The fourth-order valence-electron chi connectivity index (χ4n) is 2.13. The van der Waals surface area contributed by atoms with Crippen molar-refractivity contribution in [1.29, 1.82) is 0 Å². The molecule has 0 saturated heterocycles. The normalized spacial score (nSPS) is 12.2. The van der Waals surface area contributed by atoms with E-state index in [-0.39, 0.29) is 6.61 Å². The Balaban J connectivity index is 3.78. The van der Waals surface area contributed by atoms with Gasteiger partial charge in [-0.05, 0) is 6.42 Å². The highest BCUT2D eigenvalue weighted by Gasteiger charge is 2.67. The van der Waals surface area contributed by atoms with E-state index in [1.54, 1.807) is 0 Å². The van der Waals surface area contributed by atoms with Gasteiger partial charge in [0.2, 0.25) is 0 Å². The number of ether oxygens (including phenoxy) is 1. The predicted octanol–water partition coefficient (Wildman–Crippen LogP) is 4.21. The maximum absolute atomic E-state index is 13.1. The van der Waals surface area contributed by atoms with Gasteiger partial charge in [-0.3, -0.25) is 4.79 Å². The molecule has 8 heteroatoms. The summed E-state index contributed by atoms with van der Waals surface area (Å²) < 4.78 is 56.1. The largest absolute Gasteiger partial charge is 0.461 e. The van der Waals surface area contributed by atoms with Crippen LogP contribution in [0, 0.1) is 0 Å². The van der Waals surface area contributed by atoms with Crippen molar-refractivity contribution < 1.29 is 31.9 Å². The molecule has 0 radical (unpaired) electrons. The van der Waals surface area contributed by atoms with Crippen LogP contribution >= 0.6 is 0 Å². The fraction of sp³-hybridized carbons (Fsp3) is 0.875. The summed E-state index contributed by atoms with van der Waals surface area (Å²) in [5, 5.41) is 0. The number of hydrogen-bond acceptors (Lipinski definition) is 3. The van der Waals surface area contributed by atoms with E-state index in [1.165, 1.54) is 25.7 Å². The molecule has 4 nitrogen and oxygen atoms in total. The molecule has 0 spiro atoms. The van der Waals surface area contributed by atoms with Gasteiger partial charge >= 0.3 is 17.8 Å². The van der Waals surface area contributed by atoms with Crippen molar-refractivity contribution in [2.45, 2.75) is 83.0 Å². The second-order valence-corrected chi connectivity index (χ2v) is 5.83. The van der Waals surface area contributed by atoms with E-state index in [0.717, 1.165) is 25.7 Å². The van der Waals surface area contributed by atoms with Crippen LogP contribution < -0.4 is 5.73 Å². The first kappa shape index (κ1) is 22.7. The SMILES string of the molecule is CCCCCCCCCCCCOC(=O)C(F)(F)C(F)(F)C(N)=O. The summed E-state index contributed by atoms with van der Waals surface area (Å²) in [6.45, 7) is 1.76. The monoisotopic (exact) mass is 357 g/mol. The number of amides is 1. The van der Waals surface area contributed by atoms with E-state index in [4.69, 9.17) is 0 Å². The molecule has 0 aromatic heterocycles. The van der Waals surface area contributed by atoms with Crippen molar-refractivity contribution in [1.82, 2.24) is 0 Å². The molecule has 0 heterocycles. The van der Waals surface area contributed by atoms with Gasteiger partial charge in [0.25, 0.3) is 5.91 Å². The van der Waals surface area contributed by atoms with Crippen LogP contribution in [0.3, 0.4) is 0 Å². The molecule has 0 aliphatic carbocycles. The molecular weight excluding hydrogens is 330 g/mol. The molecule has 0 aliphatic heterocycles. The average Bonchev–Trinajstić information content (AvgIpc) is 2.51. The number of hydrogen-bond donors (Lipinski definition) is 1. The van der Waals surface area contributed by atoms with Crippen LogP contribution in [0.1, 0.15) is 71.1 Å². The molecule has 2 N–H and O–H groups in total. The molecule has 24 heavy (non-hydrogen) atoms. The molecule has 0 unspecified atom stereocenters. The van der Waals surface area contributed by atoms with Crippen molar-refractivity contribution in [3.05, 3.63) is 0 Å². The predicted molar refractivity (Wildman–Crippen MR) is 81.9 cm³/mol. The Bertz CT molecular complexity index is 390. The Labute approximate surface area is 140 Å². The van der Waals surface area contributed by atoms with Crippen LogP contribution in [-0.2, 0) is 14.3 Å². The highest BCUT2D eigenvalue weighted by atomic mass is 19.3. The minimum absolute atomic E-state index is 0.305. The standard InChI is InChI=1S/C16H27F4NO3/c1-2-3-4-5-6-7-8-9-10-11-12-24-14(23)16(19,20)15(17,18)13(21)22/h2-12H2,1H3,(H2,21,22). The fourth-order valence-corrected chi connectivity index (χ4v) is 2.13. The number of unbranched alkanes of at least 4 members (excludes halogenated alkanes) is 9. The minimum Gasteiger partial charge on any atom is -0.461 e. The zero-order valence-electron chi connectivity index (χ0n) is 14.1. The van der Waals surface area contributed by atoms with Gasteiger partial charge in [0.05, 0.1) is 6.61 Å².